The number of fused-ring (bicyclic) bond motifs is 1. The van der Waals surface area contributed by atoms with Crippen LogP contribution in [-0.4, -0.2) is 54.9 Å². The third-order valence-electron chi connectivity index (χ3n) is 6.05. The van der Waals surface area contributed by atoms with E-state index in [2.05, 4.69) is 24.9 Å². The van der Waals surface area contributed by atoms with Gasteiger partial charge < -0.3 is 15.0 Å². The van der Waals surface area contributed by atoms with Gasteiger partial charge in [0, 0.05) is 29.7 Å². The number of rotatable bonds is 7. The minimum Gasteiger partial charge on any atom is -0.378 e. The number of anilines is 4. The first-order valence-electron chi connectivity index (χ1n) is 11.5. The molecule has 0 amide bonds. The predicted octanol–water partition coefficient (Wildman–Crippen LogP) is 4.24. The van der Waals surface area contributed by atoms with Crippen molar-refractivity contribution in [2.45, 2.75) is 18.1 Å². The average molecular weight is 509 g/mol. The molecule has 2 N–H and O–H groups in total. The highest BCUT2D eigenvalue weighted by Crippen LogP contribution is 2.35. The Morgan fingerprint density at radius 1 is 1.03 bits per heavy atom. The summed E-state index contributed by atoms with van der Waals surface area (Å²) in [5.41, 5.74) is 4.01. The highest BCUT2D eigenvalue weighted by molar-refractivity contribution is 7.93. The summed E-state index contributed by atoms with van der Waals surface area (Å²) in [6.07, 6.45) is 5.03. The SMILES string of the molecule is O=S(=O)(Nc1cccc(-c2csc3cnc(Nc4ccc(N5CCOCC5)nc4)nc23)c1)C1CC1. The first-order chi connectivity index (χ1) is 17.0. The molecule has 0 radical (unpaired) electrons. The summed E-state index contributed by atoms with van der Waals surface area (Å²) in [5.74, 6) is 1.40. The number of ether oxygens (including phenoxy) is 1. The monoisotopic (exact) mass is 508 g/mol. The van der Waals surface area contributed by atoms with Crippen LogP contribution >= 0.6 is 11.3 Å². The minimum absolute atomic E-state index is 0.271. The molecule has 2 fully saturated rings. The number of thiophene rings is 1. The summed E-state index contributed by atoms with van der Waals surface area (Å²) in [5, 5.41) is 4.99. The highest BCUT2D eigenvalue weighted by Gasteiger charge is 2.35. The molecular formula is C24H24N6O3S2. The second-order valence-corrected chi connectivity index (χ2v) is 11.5. The molecule has 1 aliphatic carbocycles. The standard InChI is InChI=1S/C24H24N6O3S2/c31-35(32,19-5-6-19)29-17-3-1-2-16(12-17)20-15-34-21-14-26-24(28-23(20)21)27-18-4-7-22(25-13-18)30-8-10-33-11-9-30/h1-4,7,12-15,19,29H,5-6,8-11H2,(H,26,27,28). The largest absolute Gasteiger partial charge is 0.378 e. The van der Waals surface area contributed by atoms with Crippen molar-refractivity contribution in [2.24, 2.45) is 0 Å². The number of sulfonamides is 1. The summed E-state index contributed by atoms with van der Waals surface area (Å²) in [7, 11) is -3.32. The van der Waals surface area contributed by atoms with Gasteiger partial charge in [0.2, 0.25) is 16.0 Å². The summed E-state index contributed by atoms with van der Waals surface area (Å²) in [6.45, 7) is 3.11. The van der Waals surface area contributed by atoms with Crippen LogP contribution in [0.5, 0.6) is 0 Å². The molecule has 0 atom stereocenters. The van der Waals surface area contributed by atoms with Crippen LogP contribution in [0.1, 0.15) is 12.8 Å². The number of hydrogen-bond donors (Lipinski definition) is 2. The Morgan fingerprint density at radius 2 is 1.89 bits per heavy atom. The summed E-state index contributed by atoms with van der Waals surface area (Å²) in [6, 6.07) is 11.4. The molecule has 0 bridgehead atoms. The maximum atomic E-state index is 12.4. The van der Waals surface area contributed by atoms with E-state index < -0.39 is 10.0 Å². The van der Waals surface area contributed by atoms with Crippen LogP contribution in [0.3, 0.4) is 0 Å². The number of aromatic nitrogens is 3. The van der Waals surface area contributed by atoms with Gasteiger partial charge in [0.25, 0.3) is 0 Å². The zero-order chi connectivity index (χ0) is 23.8. The molecule has 11 heteroatoms. The number of morpholine rings is 1. The van der Waals surface area contributed by atoms with Crippen LogP contribution in [0.15, 0.2) is 54.2 Å². The van der Waals surface area contributed by atoms with Gasteiger partial charge in [0.15, 0.2) is 0 Å². The van der Waals surface area contributed by atoms with Gasteiger partial charge in [-0.05, 0) is 42.7 Å². The zero-order valence-corrected chi connectivity index (χ0v) is 20.5. The van der Waals surface area contributed by atoms with Crippen molar-refractivity contribution >= 4 is 54.7 Å². The van der Waals surface area contributed by atoms with E-state index in [4.69, 9.17) is 9.72 Å². The van der Waals surface area contributed by atoms with Crippen molar-refractivity contribution in [1.82, 2.24) is 15.0 Å². The van der Waals surface area contributed by atoms with Crippen molar-refractivity contribution in [2.75, 3.05) is 41.2 Å². The molecule has 1 aromatic carbocycles. The second-order valence-electron chi connectivity index (χ2n) is 8.61. The summed E-state index contributed by atoms with van der Waals surface area (Å²) in [4.78, 5) is 16.0. The molecule has 35 heavy (non-hydrogen) atoms. The molecule has 3 aromatic heterocycles. The van der Waals surface area contributed by atoms with E-state index in [1.807, 2.05) is 35.7 Å². The quantitative estimate of drug-likeness (QED) is 0.382. The fourth-order valence-electron chi connectivity index (χ4n) is 4.04. The predicted molar refractivity (Wildman–Crippen MR) is 139 cm³/mol. The van der Waals surface area contributed by atoms with Crippen LogP contribution in [0.4, 0.5) is 23.1 Å². The van der Waals surface area contributed by atoms with E-state index >= 15 is 0 Å². The van der Waals surface area contributed by atoms with E-state index in [0.29, 0.717) is 24.8 Å². The molecule has 1 saturated carbocycles. The minimum atomic E-state index is -3.32. The zero-order valence-electron chi connectivity index (χ0n) is 18.8. The highest BCUT2D eigenvalue weighted by atomic mass is 32.2. The second kappa shape index (κ2) is 9.06. The number of pyridine rings is 1. The maximum Gasteiger partial charge on any atom is 0.235 e. The number of benzene rings is 1. The van der Waals surface area contributed by atoms with Gasteiger partial charge in [0.05, 0.1) is 46.8 Å². The Labute approximate surface area is 207 Å². The summed E-state index contributed by atoms with van der Waals surface area (Å²) < 4.78 is 33.8. The Balaban J connectivity index is 1.23. The van der Waals surface area contributed by atoms with Crippen molar-refractivity contribution in [1.29, 1.82) is 0 Å². The molecule has 0 unspecified atom stereocenters. The van der Waals surface area contributed by atoms with Gasteiger partial charge in [0.1, 0.15) is 5.82 Å². The van der Waals surface area contributed by atoms with Gasteiger partial charge in [-0.1, -0.05) is 12.1 Å². The molecule has 4 heterocycles. The maximum absolute atomic E-state index is 12.4. The Bertz CT molecular complexity index is 1460. The van der Waals surface area contributed by atoms with E-state index in [9.17, 15) is 8.42 Å². The molecule has 4 aromatic rings. The molecule has 0 spiro atoms. The van der Waals surface area contributed by atoms with Gasteiger partial charge in [-0.25, -0.2) is 23.4 Å². The topological polar surface area (TPSA) is 109 Å². The number of nitrogens with one attached hydrogen (secondary N) is 2. The van der Waals surface area contributed by atoms with E-state index in [-0.39, 0.29) is 5.25 Å². The first kappa shape index (κ1) is 22.2. The molecule has 2 aliphatic rings. The van der Waals surface area contributed by atoms with E-state index in [0.717, 1.165) is 58.8 Å². The van der Waals surface area contributed by atoms with Gasteiger partial charge in [-0.2, -0.15) is 0 Å². The van der Waals surface area contributed by atoms with Crippen LogP contribution in [0.2, 0.25) is 0 Å². The van der Waals surface area contributed by atoms with E-state index in [1.165, 1.54) is 0 Å². The van der Waals surface area contributed by atoms with Crippen LogP contribution in [0, 0.1) is 0 Å². The van der Waals surface area contributed by atoms with Crippen LogP contribution in [0.25, 0.3) is 21.3 Å². The lowest BCUT2D eigenvalue weighted by Crippen LogP contribution is -2.36. The van der Waals surface area contributed by atoms with Crippen molar-refractivity contribution in [3.05, 3.63) is 54.2 Å². The Kier molecular flexibility index (Phi) is 5.75. The molecule has 1 aliphatic heterocycles. The van der Waals surface area contributed by atoms with Crippen molar-refractivity contribution in [3.63, 3.8) is 0 Å². The average Bonchev–Trinajstić information content (AvgIpc) is 3.66. The molecule has 180 valence electrons. The fraction of sp³-hybridized carbons (Fsp3) is 0.292. The van der Waals surface area contributed by atoms with Crippen LogP contribution < -0.4 is 14.9 Å². The van der Waals surface area contributed by atoms with Gasteiger partial charge >= 0.3 is 0 Å². The molecule has 6 rings (SSSR count). The third kappa shape index (κ3) is 4.79. The third-order valence-corrected chi connectivity index (χ3v) is 8.83. The lowest BCUT2D eigenvalue weighted by molar-refractivity contribution is 0.122. The molecule has 1 saturated heterocycles. The fourth-order valence-corrected chi connectivity index (χ4v) is 6.29. The van der Waals surface area contributed by atoms with Gasteiger partial charge in [-0.15, -0.1) is 11.3 Å². The van der Waals surface area contributed by atoms with Gasteiger partial charge in [-0.3, -0.25) is 4.72 Å². The Morgan fingerprint density at radius 3 is 2.66 bits per heavy atom. The normalized spacial score (nSPS) is 16.4. The number of hydrogen-bond acceptors (Lipinski definition) is 9. The summed E-state index contributed by atoms with van der Waals surface area (Å²) >= 11 is 1.56. The van der Waals surface area contributed by atoms with E-state index in [1.54, 1.807) is 29.8 Å². The lowest BCUT2D eigenvalue weighted by atomic mass is 10.1. The Hall–Kier alpha value is -3.28. The van der Waals surface area contributed by atoms with Crippen molar-refractivity contribution < 1.29 is 13.2 Å². The number of nitrogens with zero attached hydrogens (tertiary/aromatic N) is 4. The molecular weight excluding hydrogens is 484 g/mol. The first-order valence-corrected chi connectivity index (χ1v) is 13.9. The van der Waals surface area contributed by atoms with Crippen molar-refractivity contribution in [3.8, 4) is 11.1 Å². The van der Waals surface area contributed by atoms with Crippen LogP contribution in [-0.2, 0) is 14.8 Å². The lowest BCUT2D eigenvalue weighted by Gasteiger charge is -2.27. The molecule has 9 nitrogen and oxygen atoms in total. The smallest absolute Gasteiger partial charge is 0.235 e.